The van der Waals surface area contributed by atoms with Gasteiger partial charge in [-0.1, -0.05) is 39.0 Å². The molecule has 1 unspecified atom stereocenters. The molecule has 0 radical (unpaired) electrons. The molecule has 3 aliphatic rings. The molecule has 0 aromatic heterocycles. The van der Waals surface area contributed by atoms with Crippen molar-refractivity contribution in [3.63, 3.8) is 0 Å². The van der Waals surface area contributed by atoms with Gasteiger partial charge in [-0.05, 0) is 36.8 Å². The van der Waals surface area contributed by atoms with Gasteiger partial charge in [0.2, 0.25) is 0 Å². The lowest BCUT2D eigenvalue weighted by molar-refractivity contribution is -0.137. The van der Waals surface area contributed by atoms with Gasteiger partial charge in [-0.3, -0.25) is 4.79 Å². The topological polar surface area (TPSA) is 53.8 Å². The Hall–Kier alpha value is -2.44. The van der Waals surface area contributed by atoms with Gasteiger partial charge in [0, 0.05) is 23.3 Å². The SMILES string of the molecule is CC[C@]1(c2cccc(C(F)(F)F)c2)C2=C(CC(C)(C)CC2=O)NC2N=NC(C)=C21. The predicted molar refractivity (Wildman–Crippen MR) is 103 cm³/mol. The second-order valence-corrected chi connectivity index (χ2v) is 8.89. The van der Waals surface area contributed by atoms with Gasteiger partial charge >= 0.3 is 6.18 Å². The third-order valence-corrected chi connectivity index (χ3v) is 6.27. The summed E-state index contributed by atoms with van der Waals surface area (Å²) in [6.07, 6.45) is -3.45. The largest absolute Gasteiger partial charge is 0.416 e. The summed E-state index contributed by atoms with van der Waals surface area (Å²) in [5, 5.41) is 11.9. The molecular weight excluding hydrogens is 379 g/mol. The Morgan fingerprint density at radius 1 is 1.24 bits per heavy atom. The van der Waals surface area contributed by atoms with Crippen molar-refractivity contribution < 1.29 is 18.0 Å². The first kappa shape index (κ1) is 19.9. The number of carbonyl (C=O) groups excluding carboxylic acids is 1. The van der Waals surface area contributed by atoms with Gasteiger partial charge in [0.05, 0.1) is 16.7 Å². The van der Waals surface area contributed by atoms with Crippen molar-refractivity contribution in [3.8, 4) is 0 Å². The Morgan fingerprint density at radius 3 is 2.62 bits per heavy atom. The maximum Gasteiger partial charge on any atom is 0.416 e. The molecule has 2 aliphatic heterocycles. The number of alkyl halides is 3. The molecule has 4 nitrogen and oxygen atoms in total. The van der Waals surface area contributed by atoms with Crippen molar-refractivity contribution >= 4 is 5.78 Å². The summed E-state index contributed by atoms with van der Waals surface area (Å²) in [4.78, 5) is 13.4. The monoisotopic (exact) mass is 403 g/mol. The predicted octanol–water partition coefficient (Wildman–Crippen LogP) is 5.67. The highest BCUT2D eigenvalue weighted by molar-refractivity contribution is 6.01. The van der Waals surface area contributed by atoms with Gasteiger partial charge in [-0.2, -0.15) is 23.4 Å². The molecule has 1 aromatic rings. The number of fused-ring (bicyclic) bond motifs is 1. The Bertz CT molecular complexity index is 987. The molecule has 0 fully saturated rings. The van der Waals surface area contributed by atoms with E-state index in [-0.39, 0.29) is 11.2 Å². The molecule has 1 aromatic carbocycles. The van der Waals surface area contributed by atoms with Crippen LogP contribution >= 0.6 is 0 Å². The van der Waals surface area contributed by atoms with Crippen LogP contribution < -0.4 is 5.32 Å². The van der Waals surface area contributed by atoms with Crippen LogP contribution in [-0.4, -0.2) is 11.9 Å². The highest BCUT2D eigenvalue weighted by Gasteiger charge is 2.54. The van der Waals surface area contributed by atoms with E-state index in [2.05, 4.69) is 15.5 Å². The molecule has 0 spiro atoms. The number of ketones is 1. The molecule has 29 heavy (non-hydrogen) atoms. The third kappa shape index (κ3) is 2.93. The Balaban J connectivity index is 2.03. The summed E-state index contributed by atoms with van der Waals surface area (Å²) in [7, 11) is 0. The number of rotatable bonds is 2. The second-order valence-electron chi connectivity index (χ2n) is 8.89. The lowest BCUT2D eigenvalue weighted by Crippen LogP contribution is -2.51. The average Bonchev–Trinajstić information content (AvgIpc) is 2.99. The molecule has 4 rings (SSSR count). The van der Waals surface area contributed by atoms with Crippen LogP contribution in [0.25, 0.3) is 0 Å². The zero-order valence-electron chi connectivity index (χ0n) is 16.9. The molecule has 7 heteroatoms. The summed E-state index contributed by atoms with van der Waals surface area (Å²) >= 11 is 0. The molecule has 2 heterocycles. The van der Waals surface area contributed by atoms with E-state index in [0.717, 1.165) is 17.3 Å². The Labute approximate surface area is 168 Å². The summed E-state index contributed by atoms with van der Waals surface area (Å²) in [6.45, 7) is 7.78. The standard InChI is InChI=1S/C22H24F3N3O/c1-5-21(13-7-6-8-14(9-13)22(23,24)25)17-12(2)27-28-19(17)26-15-10-20(3,4)11-16(29)18(15)21/h6-9,19,26H,5,10-11H2,1-4H3/t19?,21-/m1/s1. The average molecular weight is 403 g/mol. The Morgan fingerprint density at radius 2 is 1.97 bits per heavy atom. The van der Waals surface area contributed by atoms with Crippen LogP contribution in [0.4, 0.5) is 13.2 Å². The zero-order valence-corrected chi connectivity index (χ0v) is 16.9. The summed E-state index contributed by atoms with van der Waals surface area (Å²) in [5.41, 5.74) is 1.38. The van der Waals surface area contributed by atoms with E-state index < -0.39 is 23.3 Å². The van der Waals surface area contributed by atoms with Crippen LogP contribution in [0.15, 0.2) is 57.0 Å². The molecule has 0 amide bonds. The van der Waals surface area contributed by atoms with Crippen molar-refractivity contribution in [2.75, 3.05) is 0 Å². The van der Waals surface area contributed by atoms with E-state index in [1.54, 1.807) is 13.0 Å². The number of benzene rings is 1. The van der Waals surface area contributed by atoms with Crippen molar-refractivity contribution in [2.24, 2.45) is 15.6 Å². The van der Waals surface area contributed by atoms with E-state index in [0.29, 0.717) is 36.1 Å². The summed E-state index contributed by atoms with van der Waals surface area (Å²) in [5.74, 6) is -0.0198. The number of Topliss-reactive ketones (excluding diaryl/α,β-unsaturated/α-hetero) is 1. The van der Waals surface area contributed by atoms with E-state index >= 15 is 0 Å². The van der Waals surface area contributed by atoms with Gasteiger partial charge in [0.15, 0.2) is 11.9 Å². The van der Waals surface area contributed by atoms with Gasteiger partial charge in [-0.15, -0.1) is 0 Å². The third-order valence-electron chi connectivity index (χ3n) is 6.27. The highest BCUT2D eigenvalue weighted by atomic mass is 19.4. The maximum atomic E-state index is 13.5. The van der Waals surface area contributed by atoms with Crippen LogP contribution in [-0.2, 0) is 16.4 Å². The molecular formula is C22H24F3N3O. The first-order valence-corrected chi connectivity index (χ1v) is 9.83. The van der Waals surface area contributed by atoms with Crippen molar-refractivity contribution in [1.82, 2.24) is 5.32 Å². The van der Waals surface area contributed by atoms with Crippen molar-refractivity contribution in [2.45, 2.75) is 64.7 Å². The second kappa shape index (κ2) is 6.28. The van der Waals surface area contributed by atoms with E-state index in [9.17, 15) is 18.0 Å². The lowest BCUT2D eigenvalue weighted by atomic mass is 9.58. The fourth-order valence-electron chi connectivity index (χ4n) is 5.17. The molecule has 154 valence electrons. The number of hydrogen-bond donors (Lipinski definition) is 1. The minimum atomic E-state index is -4.46. The van der Waals surface area contributed by atoms with Crippen LogP contribution in [0.3, 0.4) is 0 Å². The first-order chi connectivity index (χ1) is 13.5. The van der Waals surface area contributed by atoms with Gasteiger partial charge < -0.3 is 5.32 Å². The number of allylic oxidation sites excluding steroid dienone is 3. The Kier molecular flexibility index (Phi) is 4.30. The van der Waals surface area contributed by atoms with Crippen LogP contribution in [0.5, 0.6) is 0 Å². The quantitative estimate of drug-likeness (QED) is 0.692. The van der Waals surface area contributed by atoms with Gasteiger partial charge in [0.25, 0.3) is 0 Å². The van der Waals surface area contributed by atoms with Gasteiger partial charge in [-0.25, -0.2) is 0 Å². The van der Waals surface area contributed by atoms with Crippen LogP contribution in [0, 0.1) is 5.41 Å². The first-order valence-electron chi connectivity index (χ1n) is 9.83. The molecule has 1 N–H and O–H groups in total. The molecule has 1 aliphatic carbocycles. The molecule has 0 saturated carbocycles. The normalized spacial score (nSPS) is 28.4. The molecule has 2 atom stereocenters. The minimum absolute atomic E-state index is 0.0198. The summed E-state index contributed by atoms with van der Waals surface area (Å²) in [6, 6.07) is 5.36. The fourth-order valence-corrected chi connectivity index (χ4v) is 5.17. The van der Waals surface area contributed by atoms with Gasteiger partial charge in [0.1, 0.15) is 0 Å². The van der Waals surface area contributed by atoms with E-state index in [1.807, 2.05) is 20.8 Å². The van der Waals surface area contributed by atoms with E-state index in [1.165, 1.54) is 12.1 Å². The molecule has 0 bridgehead atoms. The van der Waals surface area contributed by atoms with E-state index in [4.69, 9.17) is 0 Å². The van der Waals surface area contributed by atoms with Crippen molar-refractivity contribution in [3.05, 3.63) is 57.9 Å². The maximum absolute atomic E-state index is 13.5. The number of hydrogen-bond acceptors (Lipinski definition) is 4. The summed E-state index contributed by atoms with van der Waals surface area (Å²) < 4.78 is 40.4. The minimum Gasteiger partial charge on any atom is -0.362 e. The zero-order chi connectivity index (χ0) is 21.2. The number of halogens is 3. The number of nitrogens with zero attached hydrogens (tertiary/aromatic N) is 2. The van der Waals surface area contributed by atoms with Crippen LogP contribution in [0.2, 0.25) is 0 Å². The smallest absolute Gasteiger partial charge is 0.362 e. The van der Waals surface area contributed by atoms with Crippen LogP contribution in [0.1, 0.15) is 58.1 Å². The molecule has 0 saturated heterocycles. The highest BCUT2D eigenvalue weighted by Crippen LogP contribution is 2.55. The number of carbonyl (C=O) groups is 1. The lowest BCUT2D eigenvalue weighted by Gasteiger charge is -2.48. The number of nitrogens with one attached hydrogen (secondary N) is 1. The fraction of sp³-hybridized carbons (Fsp3) is 0.500. The van der Waals surface area contributed by atoms with Crippen molar-refractivity contribution in [1.29, 1.82) is 0 Å². The number of azo groups is 1.